The van der Waals surface area contributed by atoms with Crippen molar-refractivity contribution in [2.24, 2.45) is 0 Å². The van der Waals surface area contributed by atoms with E-state index in [1.54, 1.807) is 18.1 Å². The van der Waals surface area contributed by atoms with Crippen molar-refractivity contribution < 1.29 is 8.42 Å². The van der Waals surface area contributed by atoms with Crippen LogP contribution in [0.3, 0.4) is 0 Å². The average Bonchev–Trinajstić information content (AvgIpc) is 3.15. The molecule has 0 spiro atoms. The van der Waals surface area contributed by atoms with E-state index in [0.29, 0.717) is 0 Å². The van der Waals surface area contributed by atoms with Gasteiger partial charge in [0.2, 0.25) is 10.0 Å². The molecule has 1 aromatic carbocycles. The van der Waals surface area contributed by atoms with Crippen LogP contribution in [0.1, 0.15) is 18.5 Å². The fraction of sp³-hybridized carbons (Fsp3) is 0.188. The first-order valence-corrected chi connectivity index (χ1v) is 9.26. The van der Waals surface area contributed by atoms with Crippen molar-refractivity contribution >= 4 is 21.6 Å². The Balaban J connectivity index is 1.84. The van der Waals surface area contributed by atoms with Crippen molar-refractivity contribution in [3.05, 3.63) is 66.0 Å². The Morgan fingerprint density at radius 1 is 1.16 bits per heavy atom. The molecule has 0 radical (unpaired) electrons. The lowest BCUT2D eigenvalue weighted by atomic mass is 10.1. The highest BCUT2D eigenvalue weighted by Crippen LogP contribution is 2.26. The first kappa shape index (κ1) is 17.5. The standard InChI is InChI=1S/C16H16ClN5O2S/c1-12(13-3-5-14(6-4-13)22-11-18-10-20-22)21(2)25(23,24)15-7-8-16(17)19-9-15/h3-12H,1-2H3/t12-/m0/s1. The van der Waals surface area contributed by atoms with Crippen LogP contribution in [0.25, 0.3) is 5.69 Å². The molecule has 3 aromatic rings. The number of aromatic nitrogens is 4. The molecule has 0 bridgehead atoms. The van der Waals surface area contributed by atoms with Gasteiger partial charge in [-0.15, -0.1) is 0 Å². The molecule has 2 aromatic heterocycles. The Morgan fingerprint density at radius 2 is 1.88 bits per heavy atom. The van der Waals surface area contributed by atoms with Gasteiger partial charge >= 0.3 is 0 Å². The zero-order valence-electron chi connectivity index (χ0n) is 13.6. The number of hydrogen-bond acceptors (Lipinski definition) is 5. The number of nitrogens with zero attached hydrogens (tertiary/aromatic N) is 5. The van der Waals surface area contributed by atoms with E-state index < -0.39 is 10.0 Å². The van der Waals surface area contributed by atoms with Gasteiger partial charge in [0.1, 0.15) is 22.7 Å². The van der Waals surface area contributed by atoms with Crippen molar-refractivity contribution in [3.63, 3.8) is 0 Å². The van der Waals surface area contributed by atoms with Crippen molar-refractivity contribution in [1.29, 1.82) is 0 Å². The molecule has 1 atom stereocenters. The van der Waals surface area contributed by atoms with Gasteiger partial charge in [-0.2, -0.15) is 9.40 Å². The summed E-state index contributed by atoms with van der Waals surface area (Å²) in [7, 11) is -2.13. The lowest BCUT2D eigenvalue weighted by Crippen LogP contribution is -2.29. The second-order valence-electron chi connectivity index (χ2n) is 5.45. The predicted molar refractivity (Wildman–Crippen MR) is 94.0 cm³/mol. The van der Waals surface area contributed by atoms with Crippen LogP contribution in [0.5, 0.6) is 0 Å². The molecule has 130 valence electrons. The van der Waals surface area contributed by atoms with Gasteiger partial charge in [0.05, 0.1) is 5.69 Å². The molecule has 0 fully saturated rings. The lowest BCUT2D eigenvalue weighted by molar-refractivity contribution is 0.398. The van der Waals surface area contributed by atoms with Gasteiger partial charge in [-0.25, -0.2) is 23.1 Å². The fourth-order valence-corrected chi connectivity index (χ4v) is 3.75. The monoisotopic (exact) mass is 377 g/mol. The third-order valence-corrected chi connectivity index (χ3v) is 6.12. The van der Waals surface area contributed by atoms with Gasteiger partial charge in [0.25, 0.3) is 0 Å². The van der Waals surface area contributed by atoms with Gasteiger partial charge in [-0.3, -0.25) is 0 Å². The second-order valence-corrected chi connectivity index (χ2v) is 7.83. The number of pyridine rings is 1. The molecule has 7 nitrogen and oxygen atoms in total. The maximum Gasteiger partial charge on any atom is 0.244 e. The lowest BCUT2D eigenvalue weighted by Gasteiger charge is -2.24. The van der Waals surface area contributed by atoms with Gasteiger partial charge in [0, 0.05) is 19.3 Å². The van der Waals surface area contributed by atoms with Crippen LogP contribution in [-0.2, 0) is 10.0 Å². The highest BCUT2D eigenvalue weighted by molar-refractivity contribution is 7.89. The summed E-state index contributed by atoms with van der Waals surface area (Å²) in [5.74, 6) is 0. The quantitative estimate of drug-likeness (QED) is 0.638. The summed E-state index contributed by atoms with van der Waals surface area (Å²) in [6.45, 7) is 1.82. The van der Waals surface area contributed by atoms with E-state index in [9.17, 15) is 8.42 Å². The van der Waals surface area contributed by atoms with Crippen LogP contribution in [0, 0.1) is 0 Å². The Bertz CT molecular complexity index is 941. The van der Waals surface area contributed by atoms with E-state index >= 15 is 0 Å². The van der Waals surface area contributed by atoms with Gasteiger partial charge in [-0.1, -0.05) is 23.7 Å². The molecular formula is C16H16ClN5O2S. The molecule has 0 amide bonds. The smallest absolute Gasteiger partial charge is 0.243 e. The average molecular weight is 378 g/mol. The number of rotatable bonds is 5. The summed E-state index contributed by atoms with van der Waals surface area (Å²) in [5, 5.41) is 4.31. The maximum atomic E-state index is 12.7. The Kier molecular flexibility index (Phi) is 4.85. The molecule has 0 saturated heterocycles. The molecule has 0 aliphatic carbocycles. The van der Waals surface area contributed by atoms with E-state index in [2.05, 4.69) is 15.1 Å². The summed E-state index contributed by atoms with van der Waals surface area (Å²) in [6, 6.07) is 10.0. The van der Waals surface area contributed by atoms with Crippen LogP contribution >= 0.6 is 11.6 Å². The molecule has 0 aliphatic rings. The van der Waals surface area contributed by atoms with Crippen molar-refractivity contribution in [3.8, 4) is 5.69 Å². The summed E-state index contributed by atoms with van der Waals surface area (Å²) < 4.78 is 28.4. The maximum absolute atomic E-state index is 12.7. The van der Waals surface area contributed by atoms with E-state index in [1.165, 1.54) is 29.0 Å². The van der Waals surface area contributed by atoms with Crippen LogP contribution in [0.15, 0.2) is 60.1 Å². The zero-order chi connectivity index (χ0) is 18.0. The predicted octanol–water partition coefficient (Wildman–Crippen LogP) is 2.70. The van der Waals surface area contributed by atoms with Crippen molar-refractivity contribution in [1.82, 2.24) is 24.1 Å². The second kappa shape index (κ2) is 6.91. The van der Waals surface area contributed by atoms with Crippen LogP contribution < -0.4 is 0 Å². The summed E-state index contributed by atoms with van der Waals surface area (Å²) in [6.07, 6.45) is 4.31. The number of sulfonamides is 1. The number of benzene rings is 1. The SMILES string of the molecule is C[C@@H](c1ccc(-n2cncn2)cc1)N(C)S(=O)(=O)c1ccc(Cl)nc1. The van der Waals surface area contributed by atoms with E-state index in [-0.39, 0.29) is 16.1 Å². The minimum absolute atomic E-state index is 0.102. The molecule has 0 N–H and O–H groups in total. The van der Waals surface area contributed by atoms with Gasteiger partial charge in [-0.05, 0) is 36.8 Å². The first-order chi connectivity index (χ1) is 11.9. The van der Waals surface area contributed by atoms with Crippen LogP contribution in [-0.4, -0.2) is 39.5 Å². The van der Waals surface area contributed by atoms with Gasteiger partial charge < -0.3 is 0 Å². The van der Waals surface area contributed by atoms with Crippen LogP contribution in [0.4, 0.5) is 0 Å². The third-order valence-electron chi connectivity index (χ3n) is 3.98. The first-order valence-electron chi connectivity index (χ1n) is 7.44. The summed E-state index contributed by atoms with van der Waals surface area (Å²) >= 11 is 5.73. The molecular weight excluding hydrogens is 362 g/mol. The van der Waals surface area contributed by atoms with E-state index in [1.807, 2.05) is 31.2 Å². The van der Waals surface area contributed by atoms with Crippen LogP contribution in [0.2, 0.25) is 5.15 Å². The zero-order valence-corrected chi connectivity index (χ0v) is 15.2. The molecule has 25 heavy (non-hydrogen) atoms. The molecule has 2 heterocycles. The minimum atomic E-state index is -3.67. The molecule has 9 heteroatoms. The van der Waals surface area contributed by atoms with E-state index in [4.69, 9.17) is 11.6 Å². The Morgan fingerprint density at radius 3 is 2.44 bits per heavy atom. The largest absolute Gasteiger partial charge is 0.244 e. The highest BCUT2D eigenvalue weighted by Gasteiger charge is 2.26. The van der Waals surface area contributed by atoms with Gasteiger partial charge in [0.15, 0.2) is 0 Å². The fourth-order valence-electron chi connectivity index (χ4n) is 2.35. The molecule has 0 unspecified atom stereocenters. The van der Waals surface area contributed by atoms with Crippen molar-refractivity contribution in [2.75, 3.05) is 7.05 Å². The molecule has 0 aliphatic heterocycles. The Labute approximate surface area is 151 Å². The minimum Gasteiger partial charge on any atom is -0.243 e. The highest BCUT2D eigenvalue weighted by atomic mass is 35.5. The van der Waals surface area contributed by atoms with Crippen molar-refractivity contribution in [2.45, 2.75) is 17.9 Å². The Hall–Kier alpha value is -2.29. The van der Waals surface area contributed by atoms with E-state index in [0.717, 1.165) is 11.3 Å². The topological polar surface area (TPSA) is 81.0 Å². The summed E-state index contributed by atoms with van der Waals surface area (Å²) in [4.78, 5) is 7.85. The number of hydrogen-bond donors (Lipinski definition) is 0. The molecule has 3 rings (SSSR count). The third kappa shape index (κ3) is 3.55. The molecule has 0 saturated carbocycles. The summed E-state index contributed by atoms with van der Waals surface area (Å²) in [5.41, 5.74) is 1.71. The number of halogens is 1. The normalized spacial score (nSPS) is 13.1.